The second-order valence-electron chi connectivity index (χ2n) is 2.32. The quantitative estimate of drug-likeness (QED) is 0.664. The van der Waals surface area contributed by atoms with E-state index in [-0.39, 0.29) is 6.41 Å². The van der Waals surface area contributed by atoms with Gasteiger partial charge in [-0.2, -0.15) is 0 Å². The van der Waals surface area contributed by atoms with Crippen LogP contribution in [-0.2, 0) is 4.79 Å². The number of hydrogen-bond donors (Lipinski definition) is 1. The first-order chi connectivity index (χ1) is 6.63. The van der Waals surface area contributed by atoms with E-state index in [0.717, 1.165) is 5.02 Å². The molecule has 0 unspecified atom stereocenters. The molecule has 1 aromatic carbocycles. The molecule has 0 spiro atoms. The van der Waals surface area contributed by atoms with Gasteiger partial charge in [-0.1, -0.05) is 37.6 Å². The minimum Gasteiger partial charge on any atom is -0.372 e. The average Bonchev–Trinajstić information content (AvgIpc) is 2.19. The fourth-order valence-electron chi connectivity index (χ4n) is 0.715. The topological polar surface area (TPSA) is 43.1 Å². The molecule has 80 valence electrons. The summed E-state index contributed by atoms with van der Waals surface area (Å²) in [5, 5.41) is 0.856. The molecule has 0 fully saturated rings. The van der Waals surface area contributed by atoms with Crippen LogP contribution in [-0.4, -0.2) is 6.41 Å². The minimum absolute atomic E-state index is 0.250. The van der Waals surface area contributed by atoms with Crippen LogP contribution >= 0.6 is 11.6 Å². The van der Waals surface area contributed by atoms with Gasteiger partial charge in [-0.25, -0.2) is 0 Å². The number of aryl methyl sites for hydroxylation is 1. The lowest BCUT2D eigenvalue weighted by Gasteiger charge is -1.98. The molecule has 0 heterocycles. The van der Waals surface area contributed by atoms with Crippen LogP contribution in [0.5, 0.6) is 0 Å². The highest BCUT2D eigenvalue weighted by Gasteiger charge is 1.93. The molecule has 2 nitrogen and oxygen atoms in total. The van der Waals surface area contributed by atoms with Crippen LogP contribution in [0.4, 0.5) is 0 Å². The summed E-state index contributed by atoms with van der Waals surface area (Å²) in [6.07, 6.45) is 0.250. The first kappa shape index (κ1) is 15.5. The van der Waals surface area contributed by atoms with Crippen LogP contribution in [0.2, 0.25) is 5.02 Å². The van der Waals surface area contributed by atoms with Crippen LogP contribution in [0.1, 0.15) is 25.0 Å². The first-order valence-electron chi connectivity index (χ1n) is 4.50. The van der Waals surface area contributed by atoms with Crippen LogP contribution in [0.25, 0.3) is 0 Å². The van der Waals surface area contributed by atoms with Crippen LogP contribution in [0.3, 0.4) is 0 Å². The number of carbonyl (C=O) groups is 1. The van der Waals surface area contributed by atoms with Gasteiger partial charge in [0.05, 0.1) is 0 Å². The Morgan fingerprint density at radius 2 is 1.71 bits per heavy atom. The average molecular weight is 216 g/mol. The number of nitrogens with two attached hydrogens (primary N) is 1. The van der Waals surface area contributed by atoms with Gasteiger partial charge in [-0.15, -0.1) is 0 Å². The van der Waals surface area contributed by atoms with Crippen molar-refractivity contribution in [3.8, 4) is 0 Å². The Balaban J connectivity index is 0. The maximum atomic E-state index is 8.58. The summed E-state index contributed by atoms with van der Waals surface area (Å²) in [6, 6.07) is 5.93. The van der Waals surface area contributed by atoms with E-state index in [9.17, 15) is 0 Å². The fourth-order valence-corrected chi connectivity index (χ4v) is 0.937. The monoisotopic (exact) mass is 215 g/mol. The SMILES string of the molecule is CC.Cc1cccc(Cl)c1C.NC=O. The Morgan fingerprint density at radius 1 is 1.29 bits per heavy atom. The van der Waals surface area contributed by atoms with Crippen molar-refractivity contribution in [2.75, 3.05) is 0 Å². The third kappa shape index (κ3) is 6.49. The Bertz CT molecular complexity index is 241. The van der Waals surface area contributed by atoms with E-state index in [2.05, 4.69) is 18.7 Å². The second-order valence-corrected chi connectivity index (χ2v) is 2.73. The Kier molecular flexibility index (Phi) is 11.1. The standard InChI is InChI=1S/C8H9Cl.C2H6.CH3NO/c1-6-4-3-5-8(9)7(6)2;1-2;2-1-3/h3-5H,1-2H3;1-2H3;1H,(H2,2,3). The van der Waals surface area contributed by atoms with Crippen molar-refractivity contribution in [3.05, 3.63) is 34.3 Å². The Hall–Kier alpha value is -1.02. The zero-order valence-electron chi connectivity index (χ0n) is 9.17. The summed E-state index contributed by atoms with van der Waals surface area (Å²) in [7, 11) is 0. The lowest BCUT2D eigenvalue weighted by molar-refractivity contribution is -0.106. The summed E-state index contributed by atoms with van der Waals surface area (Å²) in [5.74, 6) is 0. The van der Waals surface area contributed by atoms with Crippen LogP contribution in [0, 0.1) is 13.8 Å². The lowest BCUT2D eigenvalue weighted by Crippen LogP contribution is -1.82. The molecule has 0 atom stereocenters. The van der Waals surface area contributed by atoms with E-state index in [1.54, 1.807) is 0 Å². The van der Waals surface area contributed by atoms with Gasteiger partial charge >= 0.3 is 0 Å². The molecule has 0 aliphatic rings. The highest BCUT2D eigenvalue weighted by atomic mass is 35.5. The van der Waals surface area contributed by atoms with E-state index in [4.69, 9.17) is 16.4 Å². The maximum absolute atomic E-state index is 8.58. The molecular formula is C11H18ClNO. The van der Waals surface area contributed by atoms with E-state index in [1.165, 1.54) is 11.1 Å². The molecule has 0 aromatic heterocycles. The summed E-state index contributed by atoms with van der Waals surface area (Å²) in [6.45, 7) is 8.08. The molecule has 0 aliphatic carbocycles. The van der Waals surface area contributed by atoms with Crippen molar-refractivity contribution < 1.29 is 4.79 Å². The van der Waals surface area contributed by atoms with E-state index < -0.39 is 0 Å². The summed E-state index contributed by atoms with van der Waals surface area (Å²) >= 11 is 5.81. The molecular weight excluding hydrogens is 198 g/mol. The molecule has 0 saturated heterocycles. The molecule has 14 heavy (non-hydrogen) atoms. The summed E-state index contributed by atoms with van der Waals surface area (Å²) in [4.78, 5) is 8.58. The van der Waals surface area contributed by atoms with Crippen molar-refractivity contribution in [2.24, 2.45) is 5.73 Å². The third-order valence-corrected chi connectivity index (χ3v) is 1.95. The molecule has 0 radical (unpaired) electrons. The van der Waals surface area contributed by atoms with E-state index >= 15 is 0 Å². The van der Waals surface area contributed by atoms with Crippen molar-refractivity contribution in [1.29, 1.82) is 0 Å². The predicted octanol–water partition coefficient (Wildman–Crippen LogP) is 3.08. The fraction of sp³-hybridized carbons (Fsp3) is 0.364. The summed E-state index contributed by atoms with van der Waals surface area (Å²) < 4.78 is 0. The van der Waals surface area contributed by atoms with Gasteiger partial charge in [0.15, 0.2) is 0 Å². The highest BCUT2D eigenvalue weighted by Crippen LogP contribution is 2.16. The van der Waals surface area contributed by atoms with Crippen LogP contribution in [0.15, 0.2) is 18.2 Å². The van der Waals surface area contributed by atoms with Gasteiger partial charge < -0.3 is 5.73 Å². The molecule has 1 amide bonds. The number of rotatable bonds is 0. The highest BCUT2D eigenvalue weighted by molar-refractivity contribution is 6.31. The van der Waals surface area contributed by atoms with Gasteiger partial charge in [-0.3, -0.25) is 4.79 Å². The molecule has 3 heteroatoms. The van der Waals surface area contributed by atoms with Gasteiger partial charge in [-0.05, 0) is 31.0 Å². The molecule has 2 N–H and O–H groups in total. The molecule has 0 aliphatic heterocycles. The molecule has 1 rings (SSSR count). The van der Waals surface area contributed by atoms with Gasteiger partial charge in [0, 0.05) is 5.02 Å². The zero-order chi connectivity index (χ0) is 11.6. The number of amides is 1. The van der Waals surface area contributed by atoms with Crippen molar-refractivity contribution in [2.45, 2.75) is 27.7 Å². The van der Waals surface area contributed by atoms with Crippen LogP contribution < -0.4 is 5.73 Å². The zero-order valence-corrected chi connectivity index (χ0v) is 9.93. The van der Waals surface area contributed by atoms with Gasteiger partial charge in [0.25, 0.3) is 0 Å². The number of halogens is 1. The minimum atomic E-state index is 0.250. The van der Waals surface area contributed by atoms with Crippen molar-refractivity contribution >= 4 is 18.0 Å². The van der Waals surface area contributed by atoms with E-state index in [0.29, 0.717) is 0 Å². The van der Waals surface area contributed by atoms with E-state index in [1.807, 2.05) is 32.9 Å². The number of benzene rings is 1. The number of carbonyl (C=O) groups excluding carboxylic acids is 1. The normalized spacial score (nSPS) is 7.50. The molecule has 1 aromatic rings. The maximum Gasteiger partial charge on any atom is 0.204 e. The molecule has 0 bridgehead atoms. The number of hydrogen-bond acceptors (Lipinski definition) is 1. The van der Waals surface area contributed by atoms with Crippen molar-refractivity contribution in [3.63, 3.8) is 0 Å². The largest absolute Gasteiger partial charge is 0.372 e. The van der Waals surface area contributed by atoms with Gasteiger partial charge in [0.2, 0.25) is 6.41 Å². The third-order valence-electron chi connectivity index (χ3n) is 1.54. The first-order valence-corrected chi connectivity index (χ1v) is 4.88. The van der Waals surface area contributed by atoms with Gasteiger partial charge in [0.1, 0.15) is 0 Å². The Morgan fingerprint density at radius 3 is 2.00 bits per heavy atom. The Labute approximate surface area is 91.1 Å². The lowest BCUT2D eigenvalue weighted by atomic mass is 10.1. The predicted molar refractivity (Wildman–Crippen MR) is 62.5 cm³/mol. The molecule has 0 saturated carbocycles. The smallest absolute Gasteiger partial charge is 0.204 e. The number of primary amides is 1. The summed E-state index contributed by atoms with van der Waals surface area (Å²) in [5.41, 5.74) is 6.60. The second kappa shape index (κ2) is 10.1. The van der Waals surface area contributed by atoms with Crippen molar-refractivity contribution in [1.82, 2.24) is 0 Å².